The molecule has 0 heterocycles. The minimum Gasteiger partial charge on any atom is -0.134 e. The maximum atomic E-state index is 2.91. The molecule has 0 rings (SSSR count). The Labute approximate surface area is 74.4 Å². The van der Waals surface area contributed by atoms with Gasteiger partial charge in [-0.3, -0.25) is 0 Å². The van der Waals surface area contributed by atoms with Crippen LogP contribution in [0.2, 0.25) is 0 Å². The third-order valence-electron chi connectivity index (χ3n) is 3.45. The van der Waals surface area contributed by atoms with Crippen molar-refractivity contribution in [1.29, 1.82) is 0 Å². The molecule has 0 nitrogen and oxygen atoms in total. The fraction of sp³-hybridized carbons (Fsp3) is 1.00. The summed E-state index contributed by atoms with van der Waals surface area (Å²) in [6.45, 7) is 14.0. The Balaban J connectivity index is 4.29. The first kappa shape index (κ1) is 11.4. The van der Waals surface area contributed by atoms with E-state index in [9.17, 15) is 0 Å². The van der Waals surface area contributed by atoms with Crippen LogP contribution in [0.4, 0.5) is 0 Å². The summed E-state index contributed by atoms with van der Waals surface area (Å²) in [5.41, 5.74) is 1.17. The van der Waals surface area contributed by atoms with Gasteiger partial charge in [-0.05, 0) is 22.9 Å². The summed E-state index contributed by atoms with van der Waals surface area (Å²) < 4.78 is 0. The van der Waals surface area contributed by atoms with E-state index in [4.69, 9.17) is 0 Å². The van der Waals surface area contributed by atoms with Gasteiger partial charge in [0.1, 0.15) is 0 Å². The largest absolute Gasteiger partial charge is 0.134 e. The average Bonchev–Trinajstić information content (AvgIpc) is 1.85. The van der Waals surface area contributed by atoms with Crippen LogP contribution >= 0.6 is 9.24 Å². The second-order valence-electron chi connectivity index (χ2n) is 4.62. The van der Waals surface area contributed by atoms with Gasteiger partial charge in [0.25, 0.3) is 0 Å². The van der Waals surface area contributed by atoms with Gasteiger partial charge in [0.2, 0.25) is 0 Å². The monoisotopic (exact) mass is 174 g/mol. The van der Waals surface area contributed by atoms with Crippen LogP contribution in [0.25, 0.3) is 0 Å². The van der Waals surface area contributed by atoms with Gasteiger partial charge >= 0.3 is 0 Å². The van der Waals surface area contributed by atoms with Crippen LogP contribution in [0, 0.1) is 17.3 Å². The van der Waals surface area contributed by atoms with E-state index in [1.807, 2.05) is 0 Å². The highest BCUT2D eigenvalue weighted by molar-refractivity contribution is 7.17. The molecular weight excluding hydrogens is 151 g/mol. The third-order valence-corrected chi connectivity index (χ3v) is 4.03. The molecule has 0 amide bonds. The molecule has 0 aliphatic carbocycles. The van der Waals surface area contributed by atoms with Crippen LogP contribution in [-0.4, -0.2) is 5.66 Å². The highest BCUT2D eigenvalue weighted by atomic mass is 31.0. The molecule has 0 spiro atoms. The number of hydrogen-bond donors (Lipinski definition) is 0. The molecule has 0 aliphatic heterocycles. The normalized spacial score (nSPS) is 18.5. The number of hydrogen-bond acceptors (Lipinski definition) is 0. The summed E-state index contributed by atoms with van der Waals surface area (Å²) in [5, 5.41) is 0. The summed E-state index contributed by atoms with van der Waals surface area (Å²) in [5.74, 6) is 1.54. The molecule has 0 aromatic carbocycles. The van der Waals surface area contributed by atoms with Gasteiger partial charge in [0.05, 0.1) is 0 Å². The maximum Gasteiger partial charge on any atom is -0.0262 e. The van der Waals surface area contributed by atoms with Crippen molar-refractivity contribution < 1.29 is 0 Å². The molecule has 0 bridgehead atoms. The molecule has 68 valence electrons. The Morgan fingerprint density at radius 3 is 1.45 bits per heavy atom. The molecule has 0 aromatic heterocycles. The lowest BCUT2D eigenvalue weighted by Gasteiger charge is -2.38. The van der Waals surface area contributed by atoms with Crippen molar-refractivity contribution in [2.24, 2.45) is 17.3 Å². The van der Waals surface area contributed by atoms with Gasteiger partial charge in [-0.2, -0.15) is 0 Å². The van der Waals surface area contributed by atoms with E-state index in [0.29, 0.717) is 11.1 Å². The molecular formula is C10H23P. The standard InChI is InChI=1S/C10H23P/c1-7(2)10(5,6)8(3)9(4)11/h7-9H,11H2,1-6H3. The van der Waals surface area contributed by atoms with E-state index in [1.165, 1.54) is 0 Å². The predicted molar refractivity (Wildman–Crippen MR) is 57.0 cm³/mol. The van der Waals surface area contributed by atoms with E-state index >= 15 is 0 Å². The molecule has 0 saturated heterocycles. The fourth-order valence-corrected chi connectivity index (χ4v) is 1.70. The van der Waals surface area contributed by atoms with E-state index in [-0.39, 0.29) is 0 Å². The van der Waals surface area contributed by atoms with Crippen LogP contribution < -0.4 is 0 Å². The Morgan fingerprint density at radius 2 is 1.36 bits per heavy atom. The summed E-state index contributed by atoms with van der Waals surface area (Å²) in [6, 6.07) is 0. The summed E-state index contributed by atoms with van der Waals surface area (Å²) >= 11 is 0. The van der Waals surface area contributed by atoms with Gasteiger partial charge in [-0.25, -0.2) is 0 Å². The van der Waals surface area contributed by atoms with Crippen LogP contribution in [-0.2, 0) is 0 Å². The first-order valence-electron chi connectivity index (χ1n) is 4.55. The zero-order chi connectivity index (χ0) is 9.23. The van der Waals surface area contributed by atoms with Gasteiger partial charge in [0, 0.05) is 0 Å². The minimum absolute atomic E-state index is 0.459. The lowest BCUT2D eigenvalue weighted by molar-refractivity contribution is 0.151. The van der Waals surface area contributed by atoms with E-state index in [1.54, 1.807) is 0 Å². The second kappa shape index (κ2) is 3.90. The van der Waals surface area contributed by atoms with Gasteiger partial charge in [0.15, 0.2) is 0 Å². The molecule has 0 aromatic rings. The molecule has 1 heteroatoms. The van der Waals surface area contributed by atoms with Crippen molar-refractivity contribution in [1.82, 2.24) is 0 Å². The summed E-state index contributed by atoms with van der Waals surface area (Å²) in [7, 11) is 2.91. The molecule has 0 saturated carbocycles. The lowest BCUT2D eigenvalue weighted by atomic mass is 9.70. The highest BCUT2D eigenvalue weighted by Gasteiger charge is 2.30. The molecule has 3 unspecified atom stereocenters. The second-order valence-corrected chi connectivity index (χ2v) is 5.68. The first-order chi connectivity index (χ1) is 4.80. The SMILES string of the molecule is CC(P)C(C)C(C)(C)C(C)C. The van der Waals surface area contributed by atoms with Gasteiger partial charge < -0.3 is 0 Å². The van der Waals surface area contributed by atoms with Crippen molar-refractivity contribution in [2.75, 3.05) is 0 Å². The molecule has 0 radical (unpaired) electrons. The van der Waals surface area contributed by atoms with Gasteiger partial charge in [-0.1, -0.05) is 41.5 Å². The van der Waals surface area contributed by atoms with Gasteiger partial charge in [-0.15, -0.1) is 9.24 Å². The Morgan fingerprint density at radius 1 is 1.00 bits per heavy atom. The van der Waals surface area contributed by atoms with Crippen molar-refractivity contribution in [2.45, 2.75) is 47.2 Å². The lowest BCUT2D eigenvalue weighted by Crippen LogP contribution is -2.32. The zero-order valence-corrected chi connectivity index (χ0v) is 9.96. The first-order valence-corrected chi connectivity index (χ1v) is 5.22. The smallest absolute Gasteiger partial charge is 0.0262 e. The molecule has 0 fully saturated rings. The minimum atomic E-state index is 0.459. The molecule has 0 N–H and O–H groups in total. The van der Waals surface area contributed by atoms with E-state index in [2.05, 4.69) is 50.8 Å². The molecule has 11 heavy (non-hydrogen) atoms. The highest BCUT2D eigenvalue weighted by Crippen LogP contribution is 2.38. The predicted octanol–water partition coefficient (Wildman–Crippen LogP) is 3.57. The van der Waals surface area contributed by atoms with E-state index in [0.717, 1.165) is 11.8 Å². The Hall–Kier alpha value is 0.430. The van der Waals surface area contributed by atoms with Crippen LogP contribution in [0.1, 0.15) is 41.5 Å². The van der Waals surface area contributed by atoms with Crippen LogP contribution in [0.3, 0.4) is 0 Å². The van der Waals surface area contributed by atoms with Crippen LogP contribution in [0.5, 0.6) is 0 Å². The maximum absolute atomic E-state index is 2.91. The average molecular weight is 174 g/mol. The van der Waals surface area contributed by atoms with Crippen molar-refractivity contribution in [3.05, 3.63) is 0 Å². The van der Waals surface area contributed by atoms with Crippen molar-refractivity contribution >= 4 is 9.24 Å². The Kier molecular flexibility index (Phi) is 4.05. The third kappa shape index (κ3) is 2.75. The molecule has 0 aliphatic rings. The summed E-state index contributed by atoms with van der Waals surface area (Å²) in [4.78, 5) is 0. The van der Waals surface area contributed by atoms with Crippen molar-refractivity contribution in [3.8, 4) is 0 Å². The summed E-state index contributed by atoms with van der Waals surface area (Å²) in [6.07, 6.45) is 0. The molecule has 3 atom stereocenters. The quantitative estimate of drug-likeness (QED) is 0.574. The van der Waals surface area contributed by atoms with E-state index < -0.39 is 0 Å². The Bertz CT molecular complexity index is 114. The van der Waals surface area contributed by atoms with Crippen LogP contribution in [0.15, 0.2) is 0 Å². The zero-order valence-electron chi connectivity index (χ0n) is 8.81. The number of rotatable bonds is 3. The van der Waals surface area contributed by atoms with Crippen molar-refractivity contribution in [3.63, 3.8) is 0 Å². The topological polar surface area (TPSA) is 0 Å². The fourth-order valence-electron chi connectivity index (χ4n) is 1.20.